The van der Waals surface area contributed by atoms with Gasteiger partial charge in [-0.15, -0.1) is 5.10 Å². The van der Waals surface area contributed by atoms with Crippen LogP contribution >= 0.6 is 0 Å². The summed E-state index contributed by atoms with van der Waals surface area (Å²) in [6, 6.07) is 2.30. The van der Waals surface area contributed by atoms with Gasteiger partial charge in [0.25, 0.3) is 0 Å². The van der Waals surface area contributed by atoms with E-state index in [0.717, 1.165) is 18.5 Å². The molecular weight excluding hydrogens is 296 g/mol. The Morgan fingerprint density at radius 2 is 2.09 bits per heavy atom. The lowest BCUT2D eigenvalue weighted by atomic mass is 10.0. The number of hydrogen-bond acceptors (Lipinski definition) is 6. The average molecular weight is 317 g/mol. The number of hydrogen-bond donors (Lipinski definition) is 0. The third-order valence-electron chi connectivity index (χ3n) is 4.24. The Morgan fingerprint density at radius 3 is 2.78 bits per heavy atom. The van der Waals surface area contributed by atoms with Crippen molar-refractivity contribution in [2.75, 3.05) is 20.8 Å². The van der Waals surface area contributed by atoms with Crippen LogP contribution in [-0.4, -0.2) is 46.1 Å². The van der Waals surface area contributed by atoms with Crippen LogP contribution in [0, 0.1) is 12.8 Å². The first-order chi connectivity index (χ1) is 11.2. The second-order valence-corrected chi connectivity index (χ2v) is 5.69. The number of aromatic nitrogens is 4. The number of aryl methyl sites for hydroxylation is 1. The highest BCUT2D eigenvalue weighted by atomic mass is 16.5. The number of ether oxygens (including phenoxy) is 2. The van der Waals surface area contributed by atoms with E-state index in [0.29, 0.717) is 35.6 Å². The smallest absolute Gasteiger partial charge is 0.319 e. The quantitative estimate of drug-likeness (QED) is 0.749. The van der Waals surface area contributed by atoms with Gasteiger partial charge in [0, 0.05) is 12.6 Å². The monoisotopic (exact) mass is 317 g/mol. The van der Waals surface area contributed by atoms with Crippen LogP contribution in [0.25, 0.3) is 11.3 Å². The zero-order valence-corrected chi connectivity index (χ0v) is 13.5. The molecule has 1 saturated carbocycles. The predicted octanol–water partition coefficient (Wildman–Crippen LogP) is 1.48. The minimum Gasteiger partial charge on any atom is -0.480 e. The maximum atomic E-state index is 7.37. The van der Waals surface area contributed by atoms with Crippen molar-refractivity contribution in [3.8, 4) is 23.1 Å². The zero-order valence-electron chi connectivity index (χ0n) is 13.5. The summed E-state index contributed by atoms with van der Waals surface area (Å²) in [5, 5.41) is 15.9. The minimum absolute atomic E-state index is 0.253. The van der Waals surface area contributed by atoms with Crippen molar-refractivity contribution in [3.63, 3.8) is 0 Å². The van der Waals surface area contributed by atoms with E-state index in [1.165, 1.54) is 12.7 Å². The molecule has 2 unspecified atom stereocenters. The summed E-state index contributed by atoms with van der Waals surface area (Å²) in [6.45, 7) is 2.45. The van der Waals surface area contributed by atoms with E-state index < -0.39 is 0 Å². The predicted molar refractivity (Wildman–Crippen MR) is 84.8 cm³/mol. The molecule has 1 aliphatic carbocycles. The molecule has 0 spiro atoms. The van der Waals surface area contributed by atoms with Gasteiger partial charge in [-0.2, -0.15) is 10.1 Å². The number of rotatable bonds is 6. The highest BCUT2D eigenvalue weighted by molar-refractivity contribution is 5.64. The first-order valence-electron chi connectivity index (χ1n) is 7.62. The molecule has 122 valence electrons. The topological polar surface area (TPSA) is 92.9 Å². The molecule has 0 bridgehead atoms. The van der Waals surface area contributed by atoms with Gasteiger partial charge >= 0.3 is 6.01 Å². The van der Waals surface area contributed by atoms with Gasteiger partial charge in [-0.25, -0.2) is 4.98 Å². The standard InChI is InChI=1S/C16H20N4O3/c1-9-11(12-6-10(12)4-5-21)7-14(20-19-9)13-8-17-16(23-3)18-15(13)22-2/h7-8,10,12,21H,4-6H2,1-3H3/p+1. The summed E-state index contributed by atoms with van der Waals surface area (Å²) in [5.41, 5.74) is 3.53. The summed E-state index contributed by atoms with van der Waals surface area (Å²) in [7, 11) is 3.07. The van der Waals surface area contributed by atoms with Gasteiger partial charge in [0.15, 0.2) is 0 Å². The van der Waals surface area contributed by atoms with Crippen LogP contribution in [0.2, 0.25) is 0 Å². The lowest BCUT2D eigenvalue weighted by Crippen LogP contribution is -2.02. The normalized spacial score (nSPS) is 19.5. The average Bonchev–Trinajstić information content (AvgIpc) is 3.34. The van der Waals surface area contributed by atoms with Crippen LogP contribution in [0.4, 0.5) is 0 Å². The number of nitrogens with zero attached hydrogens (tertiary/aromatic N) is 4. The van der Waals surface area contributed by atoms with Gasteiger partial charge in [0.1, 0.15) is 12.3 Å². The number of methoxy groups -OCH3 is 2. The maximum Gasteiger partial charge on any atom is 0.319 e. The van der Waals surface area contributed by atoms with Gasteiger partial charge in [-0.1, -0.05) is 0 Å². The zero-order chi connectivity index (χ0) is 16.4. The summed E-state index contributed by atoms with van der Waals surface area (Å²) in [4.78, 5) is 8.33. The van der Waals surface area contributed by atoms with E-state index in [1.807, 2.05) is 13.0 Å². The molecule has 0 amide bonds. The van der Waals surface area contributed by atoms with Crippen molar-refractivity contribution in [2.24, 2.45) is 5.92 Å². The van der Waals surface area contributed by atoms with Crippen LogP contribution in [-0.2, 0) is 0 Å². The first kappa shape index (κ1) is 15.6. The largest absolute Gasteiger partial charge is 0.480 e. The van der Waals surface area contributed by atoms with Crippen LogP contribution in [0.5, 0.6) is 11.9 Å². The minimum atomic E-state index is 0.253. The molecule has 2 aromatic rings. The molecule has 2 aromatic heterocycles. The first-order valence-corrected chi connectivity index (χ1v) is 7.62. The molecular formula is C16H21N4O3+. The lowest BCUT2D eigenvalue weighted by molar-refractivity contribution is 0.279. The summed E-state index contributed by atoms with van der Waals surface area (Å²) < 4.78 is 10.3. The van der Waals surface area contributed by atoms with E-state index in [4.69, 9.17) is 14.6 Å². The molecule has 0 saturated heterocycles. The Balaban J connectivity index is 1.95. The highest BCUT2D eigenvalue weighted by Crippen LogP contribution is 2.50. The van der Waals surface area contributed by atoms with Gasteiger partial charge in [-0.05, 0) is 36.8 Å². The maximum absolute atomic E-state index is 7.37. The fraction of sp³-hybridized carbons (Fsp3) is 0.500. The molecule has 2 atom stereocenters. The Morgan fingerprint density at radius 1 is 1.26 bits per heavy atom. The molecule has 2 N–H and O–H groups in total. The Labute approximate surface area is 134 Å². The molecule has 0 aromatic carbocycles. The second kappa shape index (κ2) is 6.45. The third-order valence-corrected chi connectivity index (χ3v) is 4.24. The molecule has 0 aliphatic heterocycles. The van der Waals surface area contributed by atoms with Crippen molar-refractivity contribution >= 4 is 0 Å². The molecule has 1 aliphatic rings. The molecule has 2 heterocycles. The summed E-state index contributed by atoms with van der Waals surface area (Å²) in [6.07, 6.45) is 3.71. The van der Waals surface area contributed by atoms with Gasteiger partial charge in [0.2, 0.25) is 5.88 Å². The van der Waals surface area contributed by atoms with Crippen molar-refractivity contribution in [1.29, 1.82) is 0 Å². The molecule has 0 radical (unpaired) electrons. The fourth-order valence-corrected chi connectivity index (χ4v) is 2.89. The Bertz CT molecular complexity index is 708. The molecule has 7 heteroatoms. The van der Waals surface area contributed by atoms with Crippen molar-refractivity contribution in [3.05, 3.63) is 23.5 Å². The van der Waals surface area contributed by atoms with Crippen LogP contribution in [0.1, 0.15) is 30.0 Å². The van der Waals surface area contributed by atoms with E-state index in [9.17, 15) is 0 Å². The van der Waals surface area contributed by atoms with Crippen molar-refractivity contribution in [2.45, 2.75) is 25.7 Å². The molecule has 23 heavy (non-hydrogen) atoms. The van der Waals surface area contributed by atoms with Gasteiger partial charge < -0.3 is 14.6 Å². The summed E-state index contributed by atoms with van der Waals surface area (Å²) >= 11 is 0. The van der Waals surface area contributed by atoms with Crippen molar-refractivity contribution in [1.82, 2.24) is 20.2 Å². The highest BCUT2D eigenvalue weighted by Gasteiger charge is 2.39. The third kappa shape index (κ3) is 3.10. The molecule has 1 fully saturated rings. The van der Waals surface area contributed by atoms with Gasteiger partial charge in [-0.3, -0.25) is 0 Å². The second-order valence-electron chi connectivity index (χ2n) is 5.69. The fourth-order valence-electron chi connectivity index (χ4n) is 2.89. The molecule has 3 rings (SSSR count). The van der Waals surface area contributed by atoms with Crippen LogP contribution in [0.15, 0.2) is 12.3 Å². The summed E-state index contributed by atoms with van der Waals surface area (Å²) in [5.74, 6) is 1.50. The van der Waals surface area contributed by atoms with Crippen LogP contribution < -0.4 is 9.47 Å². The van der Waals surface area contributed by atoms with Crippen molar-refractivity contribution < 1.29 is 14.6 Å². The van der Waals surface area contributed by atoms with E-state index in [1.54, 1.807) is 13.3 Å². The van der Waals surface area contributed by atoms with E-state index in [2.05, 4.69) is 20.2 Å². The van der Waals surface area contributed by atoms with E-state index in [-0.39, 0.29) is 6.01 Å². The Hall–Kier alpha value is -2.28. The van der Waals surface area contributed by atoms with Crippen LogP contribution in [0.3, 0.4) is 0 Å². The SMILES string of the molecule is COc1ncc(-c2cc(C3CC3CC[OH2+])c(C)nn2)c(OC)n1. The lowest BCUT2D eigenvalue weighted by Gasteiger charge is -2.10. The van der Waals surface area contributed by atoms with E-state index >= 15 is 0 Å². The van der Waals surface area contributed by atoms with Gasteiger partial charge in [0.05, 0.1) is 25.5 Å². The Kier molecular flexibility index (Phi) is 4.38. The molecule has 7 nitrogen and oxygen atoms in total.